The van der Waals surface area contributed by atoms with E-state index in [9.17, 15) is 20.1 Å². The Kier molecular flexibility index (Phi) is 7.23. The molecule has 0 saturated heterocycles. The van der Waals surface area contributed by atoms with Crippen molar-refractivity contribution in [2.24, 2.45) is 17.8 Å². The number of hydrogen-bond donors (Lipinski definition) is 3. The third-order valence-electron chi connectivity index (χ3n) is 6.19. The summed E-state index contributed by atoms with van der Waals surface area (Å²) >= 11 is 0. The predicted molar refractivity (Wildman–Crippen MR) is 104 cm³/mol. The monoisotopic (exact) mass is 364 g/mol. The normalized spacial score (nSPS) is 38.5. The number of aliphatic hydroxyl groups is 3. The van der Waals surface area contributed by atoms with E-state index in [1.807, 2.05) is 6.92 Å². The second kappa shape index (κ2) is 8.81. The maximum atomic E-state index is 12.3. The zero-order valence-corrected chi connectivity index (χ0v) is 16.7. The molecule has 0 bridgehead atoms. The van der Waals surface area contributed by atoms with Crippen LogP contribution in [0.15, 0.2) is 23.3 Å². The van der Waals surface area contributed by atoms with Crippen molar-refractivity contribution in [2.45, 2.75) is 90.4 Å². The van der Waals surface area contributed by atoms with Crippen LogP contribution in [0.4, 0.5) is 0 Å². The molecule has 2 fully saturated rings. The number of allylic oxidation sites excluding steroid dienone is 4. The van der Waals surface area contributed by atoms with Gasteiger partial charge in [0.2, 0.25) is 0 Å². The summed E-state index contributed by atoms with van der Waals surface area (Å²) in [5, 5.41) is 30.9. The van der Waals surface area contributed by atoms with Gasteiger partial charge in [-0.3, -0.25) is 4.79 Å². The molecule has 0 spiro atoms. The zero-order chi connectivity index (χ0) is 19.5. The van der Waals surface area contributed by atoms with Gasteiger partial charge in [-0.25, -0.2) is 0 Å². The van der Waals surface area contributed by atoms with Gasteiger partial charge in [0.25, 0.3) is 0 Å². The number of carbonyl (C=O) groups excluding carboxylic acids is 1. The van der Waals surface area contributed by atoms with Gasteiger partial charge < -0.3 is 15.3 Å². The first-order valence-corrected chi connectivity index (χ1v) is 10.0. The van der Waals surface area contributed by atoms with Gasteiger partial charge >= 0.3 is 0 Å². The van der Waals surface area contributed by atoms with Gasteiger partial charge in [-0.2, -0.15) is 0 Å². The van der Waals surface area contributed by atoms with Crippen LogP contribution in [0.5, 0.6) is 0 Å². The minimum Gasteiger partial charge on any atom is -0.392 e. The number of carbonyl (C=O) groups is 1. The Bertz CT molecular complexity index is 556. The molecule has 4 nitrogen and oxygen atoms in total. The standard InChI is InChI=1S/C22H36O4/c1-14(2)6-5-7-15(3)10-16-11-17(22(4,26)13-16)12-18-19(23)8-9-20(24)21(18)25/h6,10,16-20,23-24,26H,5,7-9,11-13H2,1-4H3/b15-10-/t16-,17-,18+,19+,20-,22+/m0/s1. The van der Waals surface area contributed by atoms with E-state index in [4.69, 9.17) is 0 Å². The fourth-order valence-corrected chi connectivity index (χ4v) is 4.64. The highest BCUT2D eigenvalue weighted by Crippen LogP contribution is 2.45. The van der Waals surface area contributed by atoms with Crippen molar-refractivity contribution in [3.8, 4) is 0 Å². The van der Waals surface area contributed by atoms with E-state index in [0.29, 0.717) is 31.6 Å². The van der Waals surface area contributed by atoms with E-state index in [1.54, 1.807) is 0 Å². The maximum absolute atomic E-state index is 12.3. The molecule has 26 heavy (non-hydrogen) atoms. The molecule has 6 atom stereocenters. The smallest absolute Gasteiger partial charge is 0.166 e. The fraction of sp³-hybridized carbons (Fsp3) is 0.773. The molecule has 4 heteroatoms. The molecular formula is C22H36O4. The quantitative estimate of drug-likeness (QED) is 0.630. The second-order valence-corrected chi connectivity index (χ2v) is 8.99. The number of rotatable bonds is 6. The van der Waals surface area contributed by atoms with Crippen molar-refractivity contribution in [1.29, 1.82) is 0 Å². The van der Waals surface area contributed by atoms with Crippen molar-refractivity contribution in [3.63, 3.8) is 0 Å². The number of ketones is 1. The first kappa shape index (κ1) is 21.3. The van der Waals surface area contributed by atoms with Crippen molar-refractivity contribution in [1.82, 2.24) is 0 Å². The van der Waals surface area contributed by atoms with E-state index >= 15 is 0 Å². The fourth-order valence-electron chi connectivity index (χ4n) is 4.64. The molecule has 2 aliphatic carbocycles. The van der Waals surface area contributed by atoms with Crippen LogP contribution >= 0.6 is 0 Å². The molecule has 0 aromatic rings. The highest BCUT2D eigenvalue weighted by molar-refractivity contribution is 5.86. The van der Waals surface area contributed by atoms with Gasteiger partial charge in [0.1, 0.15) is 6.10 Å². The molecule has 0 heterocycles. The first-order valence-electron chi connectivity index (χ1n) is 10.0. The van der Waals surface area contributed by atoms with E-state index in [0.717, 1.165) is 19.3 Å². The molecule has 0 aromatic carbocycles. The van der Waals surface area contributed by atoms with E-state index in [1.165, 1.54) is 11.1 Å². The summed E-state index contributed by atoms with van der Waals surface area (Å²) in [6.45, 7) is 8.21. The van der Waals surface area contributed by atoms with Gasteiger partial charge in [0.15, 0.2) is 5.78 Å². The number of hydrogen-bond acceptors (Lipinski definition) is 4. The Morgan fingerprint density at radius 2 is 1.92 bits per heavy atom. The summed E-state index contributed by atoms with van der Waals surface area (Å²) in [6, 6.07) is 0. The van der Waals surface area contributed by atoms with Crippen LogP contribution in [-0.2, 0) is 4.79 Å². The molecule has 2 rings (SSSR count). The Labute approximate surface area is 158 Å². The van der Waals surface area contributed by atoms with Gasteiger partial charge in [-0.15, -0.1) is 0 Å². The minimum absolute atomic E-state index is 0.0248. The molecule has 0 radical (unpaired) electrons. The molecule has 0 unspecified atom stereocenters. The lowest BCUT2D eigenvalue weighted by Crippen LogP contribution is -2.44. The highest BCUT2D eigenvalue weighted by atomic mass is 16.3. The molecule has 2 saturated carbocycles. The van der Waals surface area contributed by atoms with Crippen LogP contribution in [-0.4, -0.2) is 38.9 Å². The second-order valence-electron chi connectivity index (χ2n) is 8.99. The van der Waals surface area contributed by atoms with E-state index < -0.39 is 23.7 Å². The molecule has 0 aromatic heterocycles. The molecular weight excluding hydrogens is 328 g/mol. The average molecular weight is 365 g/mol. The zero-order valence-electron chi connectivity index (χ0n) is 16.7. The number of Topliss-reactive ketones (excluding diaryl/α,β-unsaturated/α-hetero) is 1. The summed E-state index contributed by atoms with van der Waals surface area (Å²) in [5.41, 5.74) is 1.84. The van der Waals surface area contributed by atoms with Crippen LogP contribution in [0.2, 0.25) is 0 Å². The Hall–Kier alpha value is -0.970. The third kappa shape index (κ3) is 5.51. The summed E-state index contributed by atoms with van der Waals surface area (Å²) in [6.07, 6.45) is 7.73. The van der Waals surface area contributed by atoms with E-state index in [2.05, 4.69) is 32.9 Å². The van der Waals surface area contributed by atoms with Crippen LogP contribution < -0.4 is 0 Å². The molecule has 0 amide bonds. The minimum atomic E-state index is -0.956. The Balaban J connectivity index is 1.98. The van der Waals surface area contributed by atoms with Crippen molar-refractivity contribution >= 4 is 5.78 Å². The molecule has 2 aliphatic rings. The van der Waals surface area contributed by atoms with Gasteiger partial charge in [-0.1, -0.05) is 23.3 Å². The SMILES string of the molecule is CC(C)=CCC/C(C)=C\[C@H]1C[C@@H](C[C@H]2C(=O)[C@@H](O)CC[C@H]2O)[C@](C)(O)C1. The van der Waals surface area contributed by atoms with Crippen LogP contribution in [0.25, 0.3) is 0 Å². The van der Waals surface area contributed by atoms with E-state index in [-0.39, 0.29) is 11.7 Å². The van der Waals surface area contributed by atoms with Gasteiger partial charge in [0.05, 0.1) is 11.7 Å². The lowest BCUT2D eigenvalue weighted by Gasteiger charge is -2.34. The van der Waals surface area contributed by atoms with Crippen molar-refractivity contribution in [2.75, 3.05) is 0 Å². The largest absolute Gasteiger partial charge is 0.392 e. The lowest BCUT2D eigenvalue weighted by molar-refractivity contribution is -0.142. The molecule has 3 N–H and O–H groups in total. The summed E-state index contributed by atoms with van der Waals surface area (Å²) in [4.78, 5) is 12.3. The van der Waals surface area contributed by atoms with Crippen LogP contribution in [0.3, 0.4) is 0 Å². The summed E-state index contributed by atoms with van der Waals surface area (Å²) in [5.74, 6) is -0.515. The van der Waals surface area contributed by atoms with Crippen LogP contribution in [0, 0.1) is 17.8 Å². The van der Waals surface area contributed by atoms with Gasteiger partial charge in [0, 0.05) is 5.92 Å². The third-order valence-corrected chi connectivity index (χ3v) is 6.19. The lowest BCUT2D eigenvalue weighted by atomic mass is 9.75. The molecule has 0 aliphatic heterocycles. The predicted octanol–water partition coefficient (Wildman–Crippen LogP) is 3.55. The topological polar surface area (TPSA) is 77.8 Å². The van der Waals surface area contributed by atoms with Gasteiger partial charge in [-0.05, 0) is 84.5 Å². The summed E-state index contributed by atoms with van der Waals surface area (Å²) < 4.78 is 0. The highest BCUT2D eigenvalue weighted by Gasteiger charge is 2.46. The molecule has 148 valence electrons. The maximum Gasteiger partial charge on any atom is 0.166 e. The summed E-state index contributed by atoms with van der Waals surface area (Å²) in [7, 11) is 0. The van der Waals surface area contributed by atoms with Crippen molar-refractivity contribution < 1.29 is 20.1 Å². The Morgan fingerprint density at radius 1 is 1.23 bits per heavy atom. The van der Waals surface area contributed by atoms with Crippen molar-refractivity contribution in [3.05, 3.63) is 23.3 Å². The number of aliphatic hydroxyl groups excluding tert-OH is 2. The average Bonchev–Trinajstić information content (AvgIpc) is 2.80. The Morgan fingerprint density at radius 3 is 2.58 bits per heavy atom. The van der Waals surface area contributed by atoms with Crippen LogP contribution in [0.1, 0.15) is 72.6 Å². The first-order chi connectivity index (χ1) is 12.1.